The van der Waals surface area contributed by atoms with E-state index in [0.717, 1.165) is 34.7 Å². The van der Waals surface area contributed by atoms with E-state index in [1.165, 1.54) is 11.3 Å². The lowest BCUT2D eigenvalue weighted by Crippen LogP contribution is -2.16. The monoisotopic (exact) mass is 363 g/mol. The maximum atomic E-state index is 12.7. The number of carbonyl (C=O) groups excluding carboxylic acids is 1. The van der Waals surface area contributed by atoms with Gasteiger partial charge in [-0.3, -0.25) is 15.1 Å². The summed E-state index contributed by atoms with van der Waals surface area (Å²) in [5.41, 5.74) is 3.00. The molecule has 4 rings (SSSR count). The highest BCUT2D eigenvalue weighted by Gasteiger charge is 2.17. The van der Waals surface area contributed by atoms with E-state index in [1.54, 1.807) is 11.6 Å². The van der Waals surface area contributed by atoms with Crippen molar-refractivity contribution in [1.82, 2.24) is 19.5 Å². The molecule has 6 nitrogen and oxygen atoms in total. The molecule has 1 amide bonds. The van der Waals surface area contributed by atoms with E-state index in [4.69, 9.17) is 0 Å². The number of imidazole rings is 1. The highest BCUT2D eigenvalue weighted by molar-refractivity contribution is 7.13. The van der Waals surface area contributed by atoms with Gasteiger partial charge in [0.15, 0.2) is 0 Å². The quantitative estimate of drug-likeness (QED) is 0.576. The lowest BCUT2D eigenvalue weighted by Gasteiger charge is -2.07. The van der Waals surface area contributed by atoms with Crippen LogP contribution in [0.3, 0.4) is 0 Å². The van der Waals surface area contributed by atoms with E-state index in [2.05, 4.69) is 27.2 Å². The second-order valence-electron chi connectivity index (χ2n) is 5.78. The standard InChI is InChI=1S/C19H17N5OS/c1-2-11-24-16-9-4-3-7-13(16)22-19(24)23-17(25)15-12-26-18(21-15)14-8-5-6-10-20-14/h3-10,12H,2,11H2,1H3,(H,22,23,25). The van der Waals surface area contributed by atoms with Crippen LogP contribution in [0.4, 0.5) is 5.95 Å². The minimum atomic E-state index is -0.268. The molecular weight excluding hydrogens is 346 g/mol. The molecule has 0 saturated carbocycles. The van der Waals surface area contributed by atoms with Gasteiger partial charge in [-0.2, -0.15) is 0 Å². The Morgan fingerprint density at radius 3 is 2.81 bits per heavy atom. The average molecular weight is 363 g/mol. The van der Waals surface area contributed by atoms with Crippen LogP contribution in [0.1, 0.15) is 23.8 Å². The Hall–Kier alpha value is -3.06. The molecule has 0 aliphatic rings. The Balaban J connectivity index is 1.62. The van der Waals surface area contributed by atoms with Crippen molar-refractivity contribution in [3.8, 4) is 10.7 Å². The highest BCUT2D eigenvalue weighted by Crippen LogP contribution is 2.23. The normalized spacial score (nSPS) is 11.0. The van der Waals surface area contributed by atoms with Gasteiger partial charge in [0, 0.05) is 18.1 Å². The van der Waals surface area contributed by atoms with Gasteiger partial charge in [-0.05, 0) is 30.7 Å². The first-order valence-corrected chi connectivity index (χ1v) is 9.28. The fraction of sp³-hybridized carbons (Fsp3) is 0.158. The third-order valence-electron chi connectivity index (χ3n) is 3.95. The number of nitrogens with one attached hydrogen (secondary N) is 1. The first-order valence-electron chi connectivity index (χ1n) is 8.40. The van der Waals surface area contributed by atoms with Gasteiger partial charge in [0.05, 0.1) is 16.7 Å². The topological polar surface area (TPSA) is 72.7 Å². The Morgan fingerprint density at radius 2 is 2.00 bits per heavy atom. The van der Waals surface area contributed by atoms with Gasteiger partial charge in [0.2, 0.25) is 5.95 Å². The van der Waals surface area contributed by atoms with E-state index in [9.17, 15) is 4.79 Å². The minimum Gasteiger partial charge on any atom is -0.310 e. The number of anilines is 1. The molecular formula is C19H17N5OS. The van der Waals surface area contributed by atoms with Gasteiger partial charge in [0.1, 0.15) is 10.7 Å². The molecule has 1 aromatic carbocycles. The van der Waals surface area contributed by atoms with Gasteiger partial charge in [-0.25, -0.2) is 9.97 Å². The van der Waals surface area contributed by atoms with Gasteiger partial charge in [-0.15, -0.1) is 11.3 Å². The van der Waals surface area contributed by atoms with Crippen molar-refractivity contribution in [2.75, 3.05) is 5.32 Å². The number of hydrogen-bond acceptors (Lipinski definition) is 5. The number of aromatic nitrogens is 4. The van der Waals surface area contributed by atoms with Crippen LogP contribution in [0.15, 0.2) is 54.0 Å². The van der Waals surface area contributed by atoms with Crippen LogP contribution < -0.4 is 5.32 Å². The third kappa shape index (κ3) is 3.09. The lowest BCUT2D eigenvalue weighted by molar-refractivity contribution is 0.102. The molecule has 0 bridgehead atoms. The minimum absolute atomic E-state index is 0.268. The van der Waals surface area contributed by atoms with Crippen molar-refractivity contribution in [3.05, 3.63) is 59.7 Å². The molecule has 7 heteroatoms. The van der Waals surface area contributed by atoms with Crippen molar-refractivity contribution in [2.24, 2.45) is 0 Å². The summed E-state index contributed by atoms with van der Waals surface area (Å²) >= 11 is 1.40. The van der Waals surface area contributed by atoms with E-state index in [-0.39, 0.29) is 5.91 Å². The Labute approximate surface area is 154 Å². The second kappa shape index (κ2) is 7.05. The van der Waals surface area contributed by atoms with Crippen LogP contribution in [-0.2, 0) is 6.54 Å². The molecule has 4 aromatic rings. The molecule has 0 aliphatic carbocycles. The highest BCUT2D eigenvalue weighted by atomic mass is 32.1. The average Bonchev–Trinajstić information content (AvgIpc) is 3.29. The SMILES string of the molecule is CCCn1c(NC(=O)c2csc(-c3ccccn3)n2)nc2ccccc21. The number of rotatable bonds is 5. The zero-order valence-electron chi connectivity index (χ0n) is 14.2. The van der Waals surface area contributed by atoms with Crippen LogP contribution >= 0.6 is 11.3 Å². The number of nitrogens with zero attached hydrogens (tertiary/aromatic N) is 4. The van der Waals surface area contributed by atoms with Crippen molar-refractivity contribution >= 4 is 34.2 Å². The number of fused-ring (bicyclic) bond motifs is 1. The molecule has 0 spiro atoms. The molecule has 0 aliphatic heterocycles. The van der Waals surface area contributed by atoms with Gasteiger partial charge in [-0.1, -0.05) is 25.1 Å². The summed E-state index contributed by atoms with van der Waals surface area (Å²) in [6, 6.07) is 13.5. The first kappa shape index (κ1) is 16.4. The summed E-state index contributed by atoms with van der Waals surface area (Å²) in [5.74, 6) is 0.279. The van der Waals surface area contributed by atoms with Crippen LogP contribution in [0, 0.1) is 0 Å². The summed E-state index contributed by atoms with van der Waals surface area (Å²) in [7, 11) is 0. The molecule has 130 valence electrons. The van der Waals surface area contributed by atoms with Crippen molar-refractivity contribution in [1.29, 1.82) is 0 Å². The zero-order valence-corrected chi connectivity index (χ0v) is 15.0. The lowest BCUT2D eigenvalue weighted by atomic mass is 10.3. The van der Waals surface area contributed by atoms with Crippen LogP contribution in [0.5, 0.6) is 0 Å². The fourth-order valence-corrected chi connectivity index (χ4v) is 3.55. The number of carbonyl (C=O) groups is 1. The first-order chi connectivity index (χ1) is 12.8. The number of para-hydroxylation sites is 2. The molecule has 0 unspecified atom stereocenters. The largest absolute Gasteiger partial charge is 0.310 e. The molecule has 3 heterocycles. The fourth-order valence-electron chi connectivity index (χ4n) is 2.77. The van der Waals surface area contributed by atoms with Gasteiger partial charge < -0.3 is 4.57 Å². The molecule has 1 N–H and O–H groups in total. The maximum Gasteiger partial charge on any atom is 0.277 e. The van der Waals surface area contributed by atoms with E-state index >= 15 is 0 Å². The van der Waals surface area contributed by atoms with Crippen LogP contribution in [0.2, 0.25) is 0 Å². The Bertz CT molecular complexity index is 1050. The number of pyridine rings is 1. The number of amides is 1. The van der Waals surface area contributed by atoms with Crippen LogP contribution in [-0.4, -0.2) is 25.4 Å². The van der Waals surface area contributed by atoms with E-state index in [0.29, 0.717) is 11.6 Å². The zero-order chi connectivity index (χ0) is 17.9. The summed E-state index contributed by atoms with van der Waals surface area (Å²) in [5, 5.41) is 5.36. The summed E-state index contributed by atoms with van der Waals surface area (Å²) in [6.07, 6.45) is 2.66. The molecule has 26 heavy (non-hydrogen) atoms. The Kier molecular flexibility index (Phi) is 4.45. The predicted molar refractivity (Wildman–Crippen MR) is 103 cm³/mol. The van der Waals surface area contributed by atoms with E-state index < -0.39 is 0 Å². The summed E-state index contributed by atoms with van der Waals surface area (Å²) in [6.45, 7) is 2.88. The third-order valence-corrected chi connectivity index (χ3v) is 4.81. The smallest absolute Gasteiger partial charge is 0.277 e. The van der Waals surface area contributed by atoms with Crippen LogP contribution in [0.25, 0.3) is 21.7 Å². The van der Waals surface area contributed by atoms with Crippen molar-refractivity contribution in [3.63, 3.8) is 0 Å². The summed E-state index contributed by atoms with van der Waals surface area (Å²) < 4.78 is 2.03. The molecule has 0 radical (unpaired) electrons. The predicted octanol–water partition coefficient (Wildman–Crippen LogP) is 4.22. The molecule has 0 atom stereocenters. The summed E-state index contributed by atoms with van der Waals surface area (Å²) in [4.78, 5) is 25.9. The number of aryl methyl sites for hydroxylation is 1. The molecule has 0 saturated heterocycles. The van der Waals surface area contributed by atoms with Crippen molar-refractivity contribution in [2.45, 2.75) is 19.9 Å². The second-order valence-corrected chi connectivity index (χ2v) is 6.64. The van der Waals surface area contributed by atoms with E-state index in [1.807, 2.05) is 47.0 Å². The maximum absolute atomic E-state index is 12.7. The molecule has 3 aromatic heterocycles. The molecule has 0 fully saturated rings. The number of benzene rings is 1. The number of thiazole rings is 1. The van der Waals surface area contributed by atoms with Gasteiger partial charge in [0.25, 0.3) is 5.91 Å². The van der Waals surface area contributed by atoms with Crippen molar-refractivity contribution < 1.29 is 4.79 Å². The number of hydrogen-bond donors (Lipinski definition) is 1. The Morgan fingerprint density at radius 1 is 1.15 bits per heavy atom. The van der Waals surface area contributed by atoms with Gasteiger partial charge >= 0.3 is 0 Å².